The average Bonchev–Trinajstić information content (AvgIpc) is 2.41. The van der Waals surface area contributed by atoms with E-state index in [-0.39, 0.29) is 29.1 Å². The zero-order valence-corrected chi connectivity index (χ0v) is 14.0. The molecule has 21 heavy (non-hydrogen) atoms. The molecule has 2 atom stereocenters. The monoisotopic (exact) mass is 297 g/mol. The Morgan fingerprint density at radius 1 is 1.24 bits per heavy atom. The molecule has 1 rings (SSSR count). The van der Waals surface area contributed by atoms with Gasteiger partial charge in [-0.05, 0) is 36.6 Å². The summed E-state index contributed by atoms with van der Waals surface area (Å²) in [5.74, 6) is -0.0835. The lowest BCUT2D eigenvalue weighted by Crippen LogP contribution is -2.42. The maximum atomic E-state index is 14.0. The second-order valence-corrected chi connectivity index (χ2v) is 6.17. The van der Waals surface area contributed by atoms with Gasteiger partial charge in [0.2, 0.25) is 0 Å². The Morgan fingerprint density at radius 3 is 2.33 bits per heavy atom. The van der Waals surface area contributed by atoms with E-state index in [4.69, 9.17) is 9.47 Å². The number of rotatable bonds is 7. The molecule has 0 radical (unpaired) electrons. The zero-order chi connectivity index (χ0) is 16.0. The van der Waals surface area contributed by atoms with Crippen LogP contribution in [0.1, 0.15) is 46.2 Å². The van der Waals surface area contributed by atoms with Crippen molar-refractivity contribution >= 4 is 0 Å². The molecule has 1 aromatic rings. The average molecular weight is 297 g/mol. The van der Waals surface area contributed by atoms with E-state index in [1.807, 2.05) is 19.9 Å². The second kappa shape index (κ2) is 7.76. The summed E-state index contributed by atoms with van der Waals surface area (Å²) in [4.78, 5) is 0. The number of nitrogens with one attached hydrogen (secondary N) is 1. The predicted molar refractivity (Wildman–Crippen MR) is 84.2 cm³/mol. The molecule has 1 aromatic carbocycles. The summed E-state index contributed by atoms with van der Waals surface area (Å²) in [6, 6.07) is 5.03. The van der Waals surface area contributed by atoms with Gasteiger partial charge in [-0.15, -0.1) is 0 Å². The predicted octanol–water partition coefficient (Wildman–Crippen LogP) is 3.94. The van der Waals surface area contributed by atoms with Crippen LogP contribution in [0.5, 0.6) is 5.75 Å². The van der Waals surface area contributed by atoms with Crippen LogP contribution >= 0.6 is 0 Å². The van der Waals surface area contributed by atoms with Gasteiger partial charge >= 0.3 is 0 Å². The van der Waals surface area contributed by atoms with E-state index in [9.17, 15) is 4.39 Å². The van der Waals surface area contributed by atoms with Gasteiger partial charge in [-0.1, -0.05) is 33.8 Å². The molecule has 0 aromatic heterocycles. The first kappa shape index (κ1) is 17.9. The number of halogens is 1. The normalized spacial score (nSPS) is 14.8. The summed E-state index contributed by atoms with van der Waals surface area (Å²) < 4.78 is 24.9. The summed E-state index contributed by atoms with van der Waals surface area (Å²) >= 11 is 0. The van der Waals surface area contributed by atoms with Gasteiger partial charge in [0.15, 0.2) is 11.6 Å². The van der Waals surface area contributed by atoms with Crippen LogP contribution in [0.25, 0.3) is 0 Å². The van der Waals surface area contributed by atoms with Crippen molar-refractivity contribution in [3.8, 4) is 5.75 Å². The van der Waals surface area contributed by atoms with Gasteiger partial charge in [0, 0.05) is 6.61 Å². The maximum Gasteiger partial charge on any atom is 0.165 e. The quantitative estimate of drug-likeness (QED) is 0.827. The number of benzene rings is 1. The van der Waals surface area contributed by atoms with Gasteiger partial charge in [0.25, 0.3) is 0 Å². The van der Waals surface area contributed by atoms with Crippen LogP contribution in [0.4, 0.5) is 4.39 Å². The van der Waals surface area contributed by atoms with Crippen molar-refractivity contribution in [2.45, 2.75) is 46.8 Å². The molecule has 1 N–H and O–H groups in total. The molecule has 0 aliphatic rings. The molecule has 0 amide bonds. The smallest absolute Gasteiger partial charge is 0.165 e. The topological polar surface area (TPSA) is 30.5 Å². The number of hydrogen-bond acceptors (Lipinski definition) is 3. The summed E-state index contributed by atoms with van der Waals surface area (Å²) in [6.07, 6.45) is -0.0461. The van der Waals surface area contributed by atoms with Crippen LogP contribution in [-0.4, -0.2) is 26.4 Å². The second-order valence-electron chi connectivity index (χ2n) is 6.17. The minimum Gasteiger partial charge on any atom is -0.494 e. The largest absolute Gasteiger partial charge is 0.494 e. The van der Waals surface area contributed by atoms with E-state index >= 15 is 0 Å². The van der Waals surface area contributed by atoms with E-state index in [1.165, 1.54) is 13.2 Å². The highest BCUT2D eigenvalue weighted by molar-refractivity contribution is 5.31. The highest BCUT2D eigenvalue weighted by Crippen LogP contribution is 2.34. The molecule has 0 saturated heterocycles. The molecular formula is C17H28FNO2. The lowest BCUT2D eigenvalue weighted by Gasteiger charge is -2.37. The Kier molecular flexibility index (Phi) is 6.62. The highest BCUT2D eigenvalue weighted by atomic mass is 19.1. The molecule has 0 spiro atoms. The lowest BCUT2D eigenvalue weighted by atomic mass is 9.82. The van der Waals surface area contributed by atoms with Crippen LogP contribution in [0.2, 0.25) is 0 Å². The SMILES string of the molecule is CCNC(c1ccc(OC)c(F)c1)C(OCC)C(C)(C)C. The first-order valence-corrected chi connectivity index (χ1v) is 7.53. The number of methoxy groups -OCH3 is 1. The third-order valence-electron chi connectivity index (χ3n) is 3.46. The van der Waals surface area contributed by atoms with E-state index in [0.29, 0.717) is 6.61 Å². The first-order valence-electron chi connectivity index (χ1n) is 7.53. The van der Waals surface area contributed by atoms with Gasteiger partial charge in [0.1, 0.15) is 0 Å². The van der Waals surface area contributed by atoms with Crippen molar-refractivity contribution in [1.29, 1.82) is 0 Å². The van der Waals surface area contributed by atoms with E-state index in [1.54, 1.807) is 6.07 Å². The fourth-order valence-electron chi connectivity index (χ4n) is 2.52. The molecule has 4 heteroatoms. The first-order chi connectivity index (χ1) is 9.85. The van der Waals surface area contributed by atoms with Crippen molar-refractivity contribution in [1.82, 2.24) is 5.32 Å². The van der Waals surface area contributed by atoms with Crippen LogP contribution < -0.4 is 10.1 Å². The van der Waals surface area contributed by atoms with Crippen LogP contribution in [0.15, 0.2) is 18.2 Å². The van der Waals surface area contributed by atoms with Crippen LogP contribution in [0, 0.1) is 11.2 Å². The summed E-state index contributed by atoms with van der Waals surface area (Å²) in [6.45, 7) is 11.8. The minimum atomic E-state index is -0.345. The van der Waals surface area contributed by atoms with Gasteiger partial charge in [-0.2, -0.15) is 0 Å². The molecule has 0 bridgehead atoms. The zero-order valence-electron chi connectivity index (χ0n) is 14.0. The fourth-order valence-corrected chi connectivity index (χ4v) is 2.52. The van der Waals surface area contributed by atoms with Gasteiger partial charge in [-0.25, -0.2) is 4.39 Å². The van der Waals surface area contributed by atoms with E-state index in [0.717, 1.165) is 12.1 Å². The van der Waals surface area contributed by atoms with E-state index < -0.39 is 0 Å². The standard InChI is InChI=1S/C17H28FNO2/c1-7-19-15(16(21-8-2)17(3,4)5)12-9-10-14(20-6)13(18)11-12/h9-11,15-16,19H,7-8H2,1-6H3. The Hall–Kier alpha value is -1.13. The number of hydrogen-bond donors (Lipinski definition) is 1. The Bertz CT molecular complexity index is 443. The molecular weight excluding hydrogens is 269 g/mol. The van der Waals surface area contributed by atoms with Crippen molar-refractivity contribution in [2.24, 2.45) is 5.41 Å². The molecule has 2 unspecified atom stereocenters. The van der Waals surface area contributed by atoms with Gasteiger partial charge in [-0.3, -0.25) is 0 Å². The maximum absolute atomic E-state index is 14.0. The Labute approximate surface area is 127 Å². The van der Waals surface area contributed by atoms with Gasteiger partial charge in [0.05, 0.1) is 19.3 Å². The molecule has 0 saturated carbocycles. The molecule has 3 nitrogen and oxygen atoms in total. The molecule has 120 valence electrons. The lowest BCUT2D eigenvalue weighted by molar-refractivity contribution is -0.0363. The molecule has 0 aliphatic heterocycles. The van der Waals surface area contributed by atoms with E-state index in [2.05, 4.69) is 26.1 Å². The molecule has 0 aliphatic carbocycles. The van der Waals surface area contributed by atoms with Crippen molar-refractivity contribution in [3.05, 3.63) is 29.6 Å². The third-order valence-corrected chi connectivity index (χ3v) is 3.46. The summed E-state index contributed by atoms with van der Waals surface area (Å²) in [5.41, 5.74) is 0.822. The summed E-state index contributed by atoms with van der Waals surface area (Å²) in [5, 5.41) is 3.42. The van der Waals surface area contributed by atoms with Crippen molar-refractivity contribution < 1.29 is 13.9 Å². The number of likely N-dealkylation sites (N-methyl/N-ethyl adjacent to an activating group) is 1. The fraction of sp³-hybridized carbons (Fsp3) is 0.647. The highest BCUT2D eigenvalue weighted by Gasteiger charge is 2.33. The Balaban J connectivity index is 3.17. The van der Waals surface area contributed by atoms with Gasteiger partial charge < -0.3 is 14.8 Å². The Morgan fingerprint density at radius 2 is 1.90 bits per heavy atom. The summed E-state index contributed by atoms with van der Waals surface area (Å²) in [7, 11) is 1.47. The van der Waals surface area contributed by atoms with Crippen LogP contribution in [-0.2, 0) is 4.74 Å². The van der Waals surface area contributed by atoms with Crippen molar-refractivity contribution in [3.63, 3.8) is 0 Å². The minimum absolute atomic E-state index is 0.0461. The van der Waals surface area contributed by atoms with Crippen molar-refractivity contribution in [2.75, 3.05) is 20.3 Å². The third kappa shape index (κ3) is 4.68. The molecule has 0 heterocycles. The van der Waals surface area contributed by atoms with Crippen LogP contribution in [0.3, 0.4) is 0 Å². The number of ether oxygens (including phenoxy) is 2. The molecule has 0 fully saturated rings.